The molecule has 1 heterocycles. The zero-order valence-electron chi connectivity index (χ0n) is 8.88. The molecule has 2 N–H and O–H groups in total. The molecule has 1 aliphatic heterocycles. The van der Waals surface area contributed by atoms with Crippen molar-refractivity contribution in [2.24, 2.45) is 0 Å². The van der Waals surface area contributed by atoms with Crippen molar-refractivity contribution in [3.05, 3.63) is 0 Å². The van der Waals surface area contributed by atoms with Gasteiger partial charge in [0, 0.05) is 12.6 Å². The SMILES string of the molecule is CC1CN(C)C(C)N1C.O=S(=O)(O)O. The van der Waals surface area contributed by atoms with E-state index in [0.717, 1.165) is 6.04 Å². The first-order valence-electron chi connectivity index (χ1n) is 4.25. The molecule has 6 nitrogen and oxygen atoms in total. The van der Waals surface area contributed by atoms with Crippen LogP contribution in [0.3, 0.4) is 0 Å². The van der Waals surface area contributed by atoms with Gasteiger partial charge in [-0.1, -0.05) is 0 Å². The highest BCUT2D eigenvalue weighted by atomic mass is 32.3. The molecule has 7 heteroatoms. The molecule has 0 aromatic heterocycles. The van der Waals surface area contributed by atoms with E-state index in [0.29, 0.717) is 6.17 Å². The largest absolute Gasteiger partial charge is 0.394 e. The summed E-state index contributed by atoms with van der Waals surface area (Å²) >= 11 is 0. The maximum absolute atomic E-state index is 8.74. The molecule has 1 saturated heterocycles. The van der Waals surface area contributed by atoms with Crippen LogP contribution in [0.4, 0.5) is 0 Å². The van der Waals surface area contributed by atoms with Gasteiger partial charge in [0.1, 0.15) is 0 Å². The van der Waals surface area contributed by atoms with Crippen molar-refractivity contribution < 1.29 is 17.5 Å². The Morgan fingerprint density at radius 1 is 1.21 bits per heavy atom. The fraction of sp³-hybridized carbons (Fsp3) is 1.00. The number of rotatable bonds is 0. The highest BCUT2D eigenvalue weighted by molar-refractivity contribution is 7.79. The third-order valence-corrected chi connectivity index (χ3v) is 2.47. The van der Waals surface area contributed by atoms with E-state index in [1.165, 1.54) is 6.54 Å². The van der Waals surface area contributed by atoms with Crippen LogP contribution in [-0.4, -0.2) is 60.2 Å². The summed E-state index contributed by atoms with van der Waals surface area (Å²) in [6.07, 6.45) is 0.625. The van der Waals surface area contributed by atoms with E-state index in [1.807, 2.05) is 0 Å². The Bertz CT molecular complexity index is 247. The van der Waals surface area contributed by atoms with Crippen LogP contribution in [0, 0.1) is 0 Å². The van der Waals surface area contributed by atoms with Crippen LogP contribution < -0.4 is 0 Å². The lowest BCUT2D eigenvalue weighted by Gasteiger charge is -2.21. The summed E-state index contributed by atoms with van der Waals surface area (Å²) in [6, 6.07) is 0.727. The topological polar surface area (TPSA) is 81.1 Å². The molecule has 1 rings (SSSR count). The highest BCUT2D eigenvalue weighted by Gasteiger charge is 2.27. The summed E-state index contributed by atoms with van der Waals surface area (Å²) in [5, 5.41) is 0. The smallest absolute Gasteiger partial charge is 0.290 e. The molecule has 1 fully saturated rings. The molecule has 0 bridgehead atoms. The summed E-state index contributed by atoms with van der Waals surface area (Å²) in [6.45, 7) is 5.71. The zero-order chi connectivity index (χ0) is 11.5. The molecule has 2 atom stereocenters. The average molecular weight is 226 g/mol. The van der Waals surface area contributed by atoms with E-state index in [4.69, 9.17) is 17.5 Å². The minimum absolute atomic E-state index is 0.625. The predicted octanol–water partition coefficient (Wildman–Crippen LogP) is -0.0547. The van der Waals surface area contributed by atoms with Gasteiger partial charge in [0.2, 0.25) is 0 Å². The molecule has 0 radical (unpaired) electrons. The van der Waals surface area contributed by atoms with Gasteiger partial charge in [-0.2, -0.15) is 8.42 Å². The monoisotopic (exact) mass is 226 g/mol. The Labute approximate surface area is 85.1 Å². The van der Waals surface area contributed by atoms with E-state index in [-0.39, 0.29) is 0 Å². The van der Waals surface area contributed by atoms with E-state index < -0.39 is 10.4 Å². The van der Waals surface area contributed by atoms with Crippen molar-refractivity contribution >= 4 is 10.4 Å². The number of likely N-dealkylation sites (N-methyl/N-ethyl adjacent to an activating group) is 2. The molecule has 86 valence electrons. The molecule has 0 spiro atoms. The van der Waals surface area contributed by atoms with Gasteiger partial charge in [-0.05, 0) is 27.9 Å². The molecule has 0 amide bonds. The Hall–Kier alpha value is -0.210. The van der Waals surface area contributed by atoms with Crippen molar-refractivity contribution in [1.82, 2.24) is 9.80 Å². The second kappa shape index (κ2) is 5.04. The van der Waals surface area contributed by atoms with Gasteiger partial charge in [-0.15, -0.1) is 0 Å². The molecular formula is C7H18N2O4S. The molecule has 0 saturated carbocycles. The van der Waals surface area contributed by atoms with Crippen molar-refractivity contribution in [1.29, 1.82) is 0 Å². The number of hydrogen-bond donors (Lipinski definition) is 2. The second-order valence-corrected chi connectivity index (χ2v) is 4.43. The molecule has 14 heavy (non-hydrogen) atoms. The normalized spacial score (nSPS) is 29.9. The van der Waals surface area contributed by atoms with Crippen LogP contribution in [0.25, 0.3) is 0 Å². The summed E-state index contributed by atoms with van der Waals surface area (Å²) in [7, 11) is -0.316. The summed E-state index contributed by atoms with van der Waals surface area (Å²) in [4.78, 5) is 4.75. The third-order valence-electron chi connectivity index (χ3n) is 2.47. The lowest BCUT2D eigenvalue weighted by atomic mass is 10.3. The first kappa shape index (κ1) is 13.8. The fourth-order valence-corrected chi connectivity index (χ4v) is 1.38. The summed E-state index contributed by atoms with van der Waals surface area (Å²) in [5.41, 5.74) is 0. The minimum Gasteiger partial charge on any atom is -0.290 e. The molecule has 2 unspecified atom stereocenters. The number of hydrogen-bond acceptors (Lipinski definition) is 4. The van der Waals surface area contributed by atoms with Crippen molar-refractivity contribution in [2.75, 3.05) is 20.6 Å². The minimum atomic E-state index is -4.67. The average Bonchev–Trinajstić information content (AvgIpc) is 2.14. The summed E-state index contributed by atoms with van der Waals surface area (Å²) in [5.74, 6) is 0. The van der Waals surface area contributed by atoms with Gasteiger partial charge in [0.05, 0.1) is 6.17 Å². The second-order valence-electron chi connectivity index (χ2n) is 3.53. The van der Waals surface area contributed by atoms with Gasteiger partial charge >= 0.3 is 10.4 Å². The Morgan fingerprint density at radius 2 is 1.57 bits per heavy atom. The van der Waals surface area contributed by atoms with Crippen molar-refractivity contribution in [3.8, 4) is 0 Å². The first-order valence-corrected chi connectivity index (χ1v) is 5.64. The molecule has 1 aliphatic rings. The fourth-order valence-electron chi connectivity index (χ4n) is 1.38. The maximum Gasteiger partial charge on any atom is 0.394 e. The van der Waals surface area contributed by atoms with Crippen LogP contribution in [0.15, 0.2) is 0 Å². The lowest BCUT2D eigenvalue weighted by Crippen LogP contribution is -2.32. The predicted molar refractivity (Wildman–Crippen MR) is 53.5 cm³/mol. The Morgan fingerprint density at radius 3 is 1.64 bits per heavy atom. The Kier molecular flexibility index (Phi) is 4.96. The van der Waals surface area contributed by atoms with Crippen LogP contribution in [0.2, 0.25) is 0 Å². The lowest BCUT2D eigenvalue weighted by molar-refractivity contribution is 0.192. The van der Waals surface area contributed by atoms with E-state index in [1.54, 1.807) is 0 Å². The first-order chi connectivity index (χ1) is 6.13. The third kappa shape index (κ3) is 5.51. The van der Waals surface area contributed by atoms with Crippen LogP contribution >= 0.6 is 0 Å². The van der Waals surface area contributed by atoms with E-state index in [9.17, 15) is 0 Å². The van der Waals surface area contributed by atoms with Crippen molar-refractivity contribution in [3.63, 3.8) is 0 Å². The quantitative estimate of drug-likeness (QED) is 0.563. The van der Waals surface area contributed by atoms with Gasteiger partial charge in [0.25, 0.3) is 0 Å². The van der Waals surface area contributed by atoms with Gasteiger partial charge in [0.15, 0.2) is 0 Å². The molecule has 0 aromatic rings. The highest BCUT2D eigenvalue weighted by Crippen LogP contribution is 2.14. The van der Waals surface area contributed by atoms with Crippen LogP contribution in [0.5, 0.6) is 0 Å². The molecule has 0 aliphatic carbocycles. The number of nitrogens with zero attached hydrogens (tertiary/aromatic N) is 2. The van der Waals surface area contributed by atoms with Crippen LogP contribution in [0.1, 0.15) is 13.8 Å². The van der Waals surface area contributed by atoms with E-state index in [2.05, 4.69) is 37.7 Å². The molecule has 0 aromatic carbocycles. The standard InChI is InChI=1S/C7H16N2.H2O4S/c1-6-5-8(3)7(2)9(6)4;1-5(2,3)4/h6-7H,5H2,1-4H3;(H2,1,2,3,4). The van der Waals surface area contributed by atoms with E-state index >= 15 is 0 Å². The van der Waals surface area contributed by atoms with Crippen molar-refractivity contribution in [2.45, 2.75) is 26.1 Å². The van der Waals surface area contributed by atoms with Gasteiger partial charge in [-0.25, -0.2) is 0 Å². The molecular weight excluding hydrogens is 208 g/mol. The Balaban J connectivity index is 0.000000292. The van der Waals surface area contributed by atoms with Gasteiger partial charge in [-0.3, -0.25) is 18.9 Å². The van der Waals surface area contributed by atoms with Crippen LogP contribution in [-0.2, 0) is 10.4 Å². The zero-order valence-corrected chi connectivity index (χ0v) is 9.69. The maximum atomic E-state index is 8.74. The van der Waals surface area contributed by atoms with Gasteiger partial charge < -0.3 is 0 Å². The summed E-state index contributed by atoms with van der Waals surface area (Å²) < 4.78 is 31.6.